The highest BCUT2D eigenvalue weighted by Crippen LogP contribution is 2.39. The number of nitrogens with zero attached hydrogens (tertiary/aromatic N) is 3. The van der Waals surface area contributed by atoms with Crippen LogP contribution >= 0.6 is 11.3 Å². The Kier molecular flexibility index (Phi) is 3.03. The van der Waals surface area contributed by atoms with E-state index in [0.29, 0.717) is 0 Å². The van der Waals surface area contributed by atoms with Crippen molar-refractivity contribution in [3.8, 4) is 33.1 Å². The van der Waals surface area contributed by atoms with Gasteiger partial charge in [-0.15, -0.1) is 11.3 Å². The van der Waals surface area contributed by atoms with Gasteiger partial charge in [0.15, 0.2) is 0 Å². The Hall–Kier alpha value is -2.85. The van der Waals surface area contributed by atoms with E-state index < -0.39 is 0 Å². The van der Waals surface area contributed by atoms with Crippen molar-refractivity contribution >= 4 is 11.3 Å². The second kappa shape index (κ2) is 5.35. The summed E-state index contributed by atoms with van der Waals surface area (Å²) in [4.78, 5) is 13.2. The summed E-state index contributed by atoms with van der Waals surface area (Å²) in [6.45, 7) is 0. The highest BCUT2D eigenvalue weighted by atomic mass is 32.1. The summed E-state index contributed by atoms with van der Waals surface area (Å²) >= 11 is 1.60. The Morgan fingerprint density at radius 3 is 2.71 bits per heavy atom. The Labute approximate surface area is 143 Å². The molecule has 0 spiro atoms. The Bertz CT molecular complexity index is 1040. The normalized spacial score (nSPS) is 12.0. The molecule has 0 amide bonds. The topological polar surface area (TPSA) is 38.7 Å². The minimum atomic E-state index is 0.820. The van der Waals surface area contributed by atoms with Gasteiger partial charge in [0.2, 0.25) is 0 Å². The van der Waals surface area contributed by atoms with Gasteiger partial charge in [0.25, 0.3) is 0 Å². The molecule has 2 aromatic heterocycles. The number of thiazole rings is 1. The van der Waals surface area contributed by atoms with Gasteiger partial charge in [-0.1, -0.05) is 36.4 Å². The first kappa shape index (κ1) is 13.6. The van der Waals surface area contributed by atoms with Crippen LogP contribution in [0, 0.1) is 0 Å². The fraction of sp³-hybridized carbons (Fsp3) is 0.0500. The van der Waals surface area contributed by atoms with Crippen molar-refractivity contribution in [1.82, 2.24) is 15.0 Å². The third-order valence-electron chi connectivity index (χ3n) is 4.38. The molecule has 0 saturated carbocycles. The number of benzene rings is 2. The first-order valence-corrected chi connectivity index (χ1v) is 8.70. The van der Waals surface area contributed by atoms with Crippen molar-refractivity contribution in [2.75, 3.05) is 0 Å². The summed E-state index contributed by atoms with van der Waals surface area (Å²) < 4.78 is 0. The first-order chi connectivity index (χ1) is 11.9. The second-order valence-electron chi connectivity index (χ2n) is 5.83. The van der Waals surface area contributed by atoms with E-state index in [1.165, 1.54) is 22.3 Å². The largest absolute Gasteiger partial charge is 0.261 e. The van der Waals surface area contributed by atoms with Gasteiger partial charge in [0.05, 0.1) is 11.9 Å². The molecular formula is C20H13N3S. The highest BCUT2D eigenvalue weighted by Gasteiger charge is 2.18. The van der Waals surface area contributed by atoms with Crippen LogP contribution in [0.5, 0.6) is 0 Å². The lowest BCUT2D eigenvalue weighted by atomic mass is 10.0. The summed E-state index contributed by atoms with van der Waals surface area (Å²) in [5, 5.41) is 2.99. The predicted molar refractivity (Wildman–Crippen MR) is 96.8 cm³/mol. The lowest BCUT2D eigenvalue weighted by Gasteiger charge is -2.03. The van der Waals surface area contributed by atoms with Crippen molar-refractivity contribution in [1.29, 1.82) is 0 Å². The predicted octanol–water partition coefficient (Wildman–Crippen LogP) is 4.84. The van der Waals surface area contributed by atoms with E-state index >= 15 is 0 Å². The Morgan fingerprint density at radius 2 is 1.79 bits per heavy atom. The molecule has 0 radical (unpaired) electrons. The van der Waals surface area contributed by atoms with E-state index in [1.54, 1.807) is 29.9 Å². The Morgan fingerprint density at radius 1 is 0.875 bits per heavy atom. The van der Waals surface area contributed by atoms with Gasteiger partial charge < -0.3 is 0 Å². The van der Waals surface area contributed by atoms with Crippen molar-refractivity contribution in [2.24, 2.45) is 0 Å². The monoisotopic (exact) mass is 327 g/mol. The van der Waals surface area contributed by atoms with Gasteiger partial charge >= 0.3 is 0 Å². The van der Waals surface area contributed by atoms with Crippen LogP contribution < -0.4 is 0 Å². The molecule has 1 aliphatic carbocycles. The van der Waals surface area contributed by atoms with Crippen LogP contribution in [0.25, 0.3) is 33.1 Å². The lowest BCUT2D eigenvalue weighted by molar-refractivity contribution is 1.19. The van der Waals surface area contributed by atoms with E-state index in [4.69, 9.17) is 4.98 Å². The van der Waals surface area contributed by atoms with E-state index in [1.807, 2.05) is 0 Å². The molecule has 0 atom stereocenters. The van der Waals surface area contributed by atoms with Crippen LogP contribution in [0.15, 0.2) is 66.4 Å². The zero-order valence-corrected chi connectivity index (χ0v) is 13.6. The van der Waals surface area contributed by atoms with Crippen molar-refractivity contribution in [3.63, 3.8) is 0 Å². The molecule has 3 nitrogen and oxygen atoms in total. The molecular weight excluding hydrogens is 314 g/mol. The van der Waals surface area contributed by atoms with Crippen LogP contribution in [-0.2, 0) is 6.42 Å². The fourth-order valence-corrected chi connectivity index (χ4v) is 4.01. The molecule has 2 aromatic carbocycles. The van der Waals surface area contributed by atoms with Gasteiger partial charge in [-0.3, -0.25) is 9.97 Å². The molecule has 5 rings (SSSR count). The molecule has 0 aliphatic heterocycles. The maximum absolute atomic E-state index is 4.75. The average molecular weight is 327 g/mol. The summed E-state index contributed by atoms with van der Waals surface area (Å²) in [5.41, 5.74) is 8.44. The SMILES string of the molecule is c1ccc2c(c1)Cc1ccc(-c3csc(-c4cnccn4)n3)cc1-2. The van der Waals surface area contributed by atoms with E-state index in [0.717, 1.165) is 28.4 Å². The first-order valence-electron chi connectivity index (χ1n) is 7.82. The summed E-state index contributed by atoms with van der Waals surface area (Å²) in [6.07, 6.45) is 6.15. The molecule has 4 heteroatoms. The fourth-order valence-electron chi connectivity index (χ4n) is 3.22. The van der Waals surface area contributed by atoms with Crippen molar-refractivity contribution in [2.45, 2.75) is 6.42 Å². The van der Waals surface area contributed by atoms with Gasteiger partial charge in [-0.05, 0) is 34.7 Å². The van der Waals surface area contributed by atoms with Crippen molar-refractivity contribution in [3.05, 3.63) is 77.6 Å². The minimum Gasteiger partial charge on any atom is -0.261 e. The van der Waals surface area contributed by atoms with Gasteiger partial charge in [-0.25, -0.2) is 4.98 Å². The minimum absolute atomic E-state index is 0.820. The second-order valence-corrected chi connectivity index (χ2v) is 6.69. The lowest BCUT2D eigenvalue weighted by Crippen LogP contribution is -1.85. The van der Waals surface area contributed by atoms with Gasteiger partial charge in [-0.2, -0.15) is 0 Å². The number of hydrogen-bond donors (Lipinski definition) is 0. The van der Waals surface area contributed by atoms with Crippen LogP contribution in [0.1, 0.15) is 11.1 Å². The molecule has 24 heavy (non-hydrogen) atoms. The molecule has 0 unspecified atom stereocenters. The third kappa shape index (κ3) is 2.15. The quantitative estimate of drug-likeness (QED) is 0.466. The van der Waals surface area contributed by atoms with Crippen LogP contribution in [-0.4, -0.2) is 15.0 Å². The van der Waals surface area contributed by atoms with Gasteiger partial charge in [0, 0.05) is 23.3 Å². The van der Waals surface area contributed by atoms with Crippen LogP contribution in [0.2, 0.25) is 0 Å². The molecule has 114 valence electrons. The summed E-state index contributed by atoms with van der Waals surface area (Å²) in [5.74, 6) is 0. The maximum atomic E-state index is 4.75. The number of rotatable bonds is 2. The summed E-state index contributed by atoms with van der Waals surface area (Å²) in [6, 6.07) is 15.3. The smallest absolute Gasteiger partial charge is 0.144 e. The molecule has 1 aliphatic rings. The van der Waals surface area contributed by atoms with Crippen LogP contribution in [0.4, 0.5) is 0 Å². The number of fused-ring (bicyclic) bond motifs is 3. The zero-order valence-electron chi connectivity index (χ0n) is 12.8. The highest BCUT2D eigenvalue weighted by molar-refractivity contribution is 7.13. The third-order valence-corrected chi connectivity index (χ3v) is 5.25. The van der Waals surface area contributed by atoms with Crippen molar-refractivity contribution < 1.29 is 0 Å². The summed E-state index contributed by atoms with van der Waals surface area (Å²) in [7, 11) is 0. The Balaban J connectivity index is 1.57. The number of aromatic nitrogens is 3. The van der Waals surface area contributed by atoms with E-state index in [2.05, 4.69) is 57.8 Å². The maximum Gasteiger partial charge on any atom is 0.144 e. The molecule has 2 heterocycles. The molecule has 4 aromatic rings. The molecule has 0 saturated heterocycles. The zero-order chi connectivity index (χ0) is 15.9. The molecule has 0 fully saturated rings. The van der Waals surface area contributed by atoms with E-state index in [-0.39, 0.29) is 0 Å². The van der Waals surface area contributed by atoms with Crippen LogP contribution in [0.3, 0.4) is 0 Å². The average Bonchev–Trinajstić information content (AvgIpc) is 3.27. The standard InChI is InChI=1S/C20H13N3S/c1-2-4-16-13(3-1)9-14-5-6-15(10-17(14)16)19-12-24-20(23-19)18-11-21-7-8-22-18/h1-8,10-12H,9H2. The number of hydrogen-bond acceptors (Lipinski definition) is 4. The molecule has 0 bridgehead atoms. The van der Waals surface area contributed by atoms with Gasteiger partial charge in [0.1, 0.15) is 10.7 Å². The van der Waals surface area contributed by atoms with E-state index in [9.17, 15) is 0 Å². The molecule has 0 N–H and O–H groups in total.